The Morgan fingerprint density at radius 3 is 2.82 bits per heavy atom. The van der Waals surface area contributed by atoms with Gasteiger partial charge in [0.15, 0.2) is 5.75 Å². The number of imidazole rings is 1. The number of fused-ring (bicyclic) bond motifs is 1. The van der Waals surface area contributed by atoms with Crippen LogP contribution in [0.4, 0.5) is 5.69 Å². The lowest BCUT2D eigenvalue weighted by molar-refractivity contribution is -0.991. The van der Waals surface area contributed by atoms with Gasteiger partial charge in [-0.3, -0.25) is 0 Å². The molecule has 0 amide bonds. The van der Waals surface area contributed by atoms with Crippen LogP contribution < -0.4 is 9.96 Å². The number of nitrogens with zero attached hydrogens (tertiary/aromatic N) is 2. The number of benzene rings is 1. The molecule has 1 aromatic carbocycles. The second-order valence-corrected chi connectivity index (χ2v) is 5.05. The Bertz CT molecular complexity index is 812. The Morgan fingerprint density at radius 1 is 1.27 bits per heavy atom. The summed E-state index contributed by atoms with van der Waals surface area (Å²) in [5, 5.41) is 19.7. The molecule has 6 nitrogen and oxygen atoms in total. The fourth-order valence-corrected chi connectivity index (χ4v) is 2.38. The Labute approximate surface area is 127 Å². The summed E-state index contributed by atoms with van der Waals surface area (Å²) in [4.78, 5) is 4.53. The molecule has 2 N–H and O–H groups in total. The van der Waals surface area contributed by atoms with Crippen LogP contribution >= 0.6 is 0 Å². The number of aryl methyl sites for hydroxylation is 1. The predicted molar refractivity (Wildman–Crippen MR) is 82.3 cm³/mol. The summed E-state index contributed by atoms with van der Waals surface area (Å²) < 4.78 is 7.29. The maximum Gasteiger partial charge on any atom is 0.206 e. The minimum Gasteiger partial charge on any atom is -0.595 e. The number of ether oxygens (including phenoxy) is 1. The van der Waals surface area contributed by atoms with Gasteiger partial charge in [0.05, 0.1) is 12.3 Å². The molecule has 6 heteroatoms. The molecule has 3 aromatic rings. The van der Waals surface area contributed by atoms with Gasteiger partial charge >= 0.3 is 0 Å². The molecule has 2 heterocycles. The maximum atomic E-state index is 11.4. The van der Waals surface area contributed by atoms with Crippen molar-refractivity contribution in [3.63, 3.8) is 0 Å². The van der Waals surface area contributed by atoms with Gasteiger partial charge in [-0.05, 0) is 37.6 Å². The van der Waals surface area contributed by atoms with E-state index in [1.54, 1.807) is 12.1 Å². The highest BCUT2D eigenvalue weighted by Crippen LogP contribution is 2.28. The molecule has 0 aliphatic carbocycles. The van der Waals surface area contributed by atoms with E-state index in [1.807, 2.05) is 48.8 Å². The molecule has 3 rings (SSSR count). The van der Waals surface area contributed by atoms with Crippen molar-refractivity contribution in [1.82, 2.24) is 9.38 Å². The minimum atomic E-state index is -1.01. The number of rotatable bonds is 4. The minimum absolute atomic E-state index is 0.146. The molecule has 0 aliphatic rings. The molecule has 0 fully saturated rings. The first kappa shape index (κ1) is 14.5. The largest absolute Gasteiger partial charge is 0.595 e. The van der Waals surface area contributed by atoms with Crippen LogP contribution in [-0.2, 0) is 0 Å². The van der Waals surface area contributed by atoms with E-state index in [0.717, 1.165) is 22.5 Å². The second-order valence-electron chi connectivity index (χ2n) is 5.05. The van der Waals surface area contributed by atoms with Crippen molar-refractivity contribution in [3.05, 3.63) is 53.5 Å². The first-order valence-corrected chi connectivity index (χ1v) is 7.04. The third-order valence-corrected chi connectivity index (χ3v) is 3.40. The standard InChI is InChI=1S/C16H17N3O3/c1-3-22-15-6-5-12(8-14(15)19(20)21)13-10-18-9-11(2)4-7-16(18)17-13/h4-10,19-20H,3H2,1-2H3. The van der Waals surface area contributed by atoms with Gasteiger partial charge in [0.2, 0.25) is 5.69 Å². The van der Waals surface area contributed by atoms with Crippen LogP contribution in [0.3, 0.4) is 0 Å². The van der Waals surface area contributed by atoms with Crippen LogP contribution in [0.15, 0.2) is 42.7 Å². The van der Waals surface area contributed by atoms with Gasteiger partial charge in [0.25, 0.3) is 0 Å². The summed E-state index contributed by atoms with van der Waals surface area (Å²) in [7, 11) is 0. The third-order valence-electron chi connectivity index (χ3n) is 3.40. The molecular weight excluding hydrogens is 282 g/mol. The molecule has 1 unspecified atom stereocenters. The Morgan fingerprint density at radius 2 is 2.09 bits per heavy atom. The molecule has 0 saturated carbocycles. The topological polar surface area (TPSA) is 74.3 Å². The number of hydrogen-bond acceptors (Lipinski definition) is 4. The smallest absolute Gasteiger partial charge is 0.206 e. The normalized spacial score (nSPS) is 12.5. The molecular formula is C16H17N3O3. The predicted octanol–water partition coefficient (Wildman–Crippen LogP) is 2.11. The molecule has 0 bridgehead atoms. The summed E-state index contributed by atoms with van der Waals surface area (Å²) in [6.45, 7) is 4.26. The highest BCUT2D eigenvalue weighted by molar-refractivity contribution is 5.67. The number of pyridine rings is 1. The van der Waals surface area contributed by atoms with Crippen molar-refractivity contribution in [2.24, 2.45) is 0 Å². The molecule has 0 spiro atoms. The van der Waals surface area contributed by atoms with Gasteiger partial charge in [0.1, 0.15) is 5.65 Å². The van der Waals surface area contributed by atoms with Gasteiger partial charge in [-0.15, -0.1) is 0 Å². The van der Waals surface area contributed by atoms with Gasteiger partial charge in [0, 0.05) is 24.0 Å². The van der Waals surface area contributed by atoms with Crippen molar-refractivity contribution in [1.29, 1.82) is 0 Å². The summed E-state index contributed by atoms with van der Waals surface area (Å²) in [5.74, 6) is 0.373. The zero-order chi connectivity index (χ0) is 15.7. The first-order chi connectivity index (χ1) is 10.6. The lowest BCUT2D eigenvalue weighted by atomic mass is 10.1. The lowest BCUT2D eigenvalue weighted by Gasteiger charge is -2.16. The lowest BCUT2D eigenvalue weighted by Crippen LogP contribution is -2.99. The summed E-state index contributed by atoms with van der Waals surface area (Å²) in [5.41, 5.74) is 3.59. The van der Waals surface area contributed by atoms with Crippen molar-refractivity contribution >= 4 is 11.3 Å². The molecule has 114 valence electrons. The summed E-state index contributed by atoms with van der Waals surface area (Å²) >= 11 is 0. The van der Waals surface area contributed by atoms with E-state index in [0.29, 0.717) is 12.4 Å². The van der Waals surface area contributed by atoms with E-state index >= 15 is 0 Å². The fraction of sp³-hybridized carbons (Fsp3) is 0.188. The van der Waals surface area contributed by atoms with E-state index in [1.165, 1.54) is 0 Å². The maximum absolute atomic E-state index is 11.4. The van der Waals surface area contributed by atoms with Crippen molar-refractivity contribution in [2.75, 3.05) is 6.61 Å². The average molecular weight is 299 g/mol. The number of nitrogens with one attached hydrogen (secondary N) is 1. The van der Waals surface area contributed by atoms with E-state index < -0.39 is 5.23 Å². The van der Waals surface area contributed by atoms with Crippen molar-refractivity contribution < 1.29 is 15.2 Å². The molecule has 0 saturated heterocycles. The van der Waals surface area contributed by atoms with Crippen LogP contribution in [0.5, 0.6) is 5.75 Å². The van der Waals surface area contributed by atoms with Crippen LogP contribution in [0.1, 0.15) is 12.5 Å². The van der Waals surface area contributed by atoms with Gasteiger partial charge in [-0.25, -0.2) is 10.2 Å². The Kier molecular flexibility index (Phi) is 3.81. The number of aromatic nitrogens is 2. The fourth-order valence-electron chi connectivity index (χ4n) is 2.38. The van der Waals surface area contributed by atoms with E-state index in [2.05, 4.69) is 4.98 Å². The average Bonchev–Trinajstić information content (AvgIpc) is 2.90. The first-order valence-electron chi connectivity index (χ1n) is 7.04. The van der Waals surface area contributed by atoms with Crippen molar-refractivity contribution in [2.45, 2.75) is 13.8 Å². The van der Waals surface area contributed by atoms with Gasteiger partial charge in [-0.1, -0.05) is 6.07 Å². The van der Waals surface area contributed by atoms with Gasteiger partial charge < -0.3 is 14.3 Å². The quantitative estimate of drug-likeness (QED) is 0.724. The van der Waals surface area contributed by atoms with E-state index in [4.69, 9.17) is 4.74 Å². The zero-order valence-corrected chi connectivity index (χ0v) is 12.4. The molecule has 1 atom stereocenters. The van der Waals surface area contributed by atoms with E-state index in [9.17, 15) is 10.4 Å². The van der Waals surface area contributed by atoms with E-state index in [-0.39, 0.29) is 5.69 Å². The van der Waals surface area contributed by atoms with Crippen molar-refractivity contribution in [3.8, 4) is 17.0 Å². The van der Waals surface area contributed by atoms with Gasteiger partial charge in [-0.2, -0.15) is 5.23 Å². The van der Waals surface area contributed by atoms with Crippen LogP contribution in [0.25, 0.3) is 16.9 Å². The second kappa shape index (κ2) is 5.76. The SMILES string of the molecule is CCOc1ccc(-c2cn3cc(C)ccc3n2)cc1[NH+]([O-])O. The molecule has 0 radical (unpaired) electrons. The third kappa shape index (κ3) is 2.67. The summed E-state index contributed by atoms with van der Waals surface area (Å²) in [6.07, 6.45) is 3.88. The number of quaternary nitrogens is 1. The highest BCUT2D eigenvalue weighted by Gasteiger charge is 2.14. The molecule has 0 aliphatic heterocycles. The Hall–Kier alpha value is -2.41. The molecule has 22 heavy (non-hydrogen) atoms. The Balaban J connectivity index is 2.07. The highest BCUT2D eigenvalue weighted by atomic mass is 16.8. The number of hydrogen-bond donors (Lipinski definition) is 2. The zero-order valence-electron chi connectivity index (χ0n) is 12.4. The summed E-state index contributed by atoms with van der Waals surface area (Å²) in [6, 6.07) is 9.03. The monoisotopic (exact) mass is 299 g/mol. The van der Waals surface area contributed by atoms with Crippen LogP contribution in [-0.4, -0.2) is 21.2 Å². The molecule has 2 aromatic heterocycles. The van der Waals surface area contributed by atoms with Crippen LogP contribution in [0.2, 0.25) is 0 Å². The van der Waals surface area contributed by atoms with Crippen LogP contribution in [0, 0.1) is 12.1 Å².